The lowest BCUT2D eigenvalue weighted by atomic mass is 10.1. The monoisotopic (exact) mass is 313 g/mol. The van der Waals surface area contributed by atoms with Crippen molar-refractivity contribution in [3.05, 3.63) is 70.0 Å². The molecular weight excluding hydrogens is 294 g/mol. The molecule has 6 heteroatoms. The first-order valence-corrected chi connectivity index (χ1v) is 7.54. The first kappa shape index (κ1) is 16.6. The fourth-order valence-electron chi connectivity index (χ4n) is 2.22. The van der Waals surface area contributed by atoms with Crippen LogP contribution in [0.1, 0.15) is 24.0 Å². The smallest absolute Gasteiger partial charge is 0.269 e. The number of amides is 1. The van der Waals surface area contributed by atoms with Gasteiger partial charge in [-0.2, -0.15) is 0 Å². The molecule has 0 fully saturated rings. The Kier molecular flexibility index (Phi) is 6.23. The third-order valence-electron chi connectivity index (χ3n) is 3.48. The van der Waals surface area contributed by atoms with Crippen molar-refractivity contribution in [1.29, 1.82) is 0 Å². The Morgan fingerprint density at radius 1 is 1.13 bits per heavy atom. The molecule has 0 aliphatic carbocycles. The zero-order chi connectivity index (χ0) is 16.5. The summed E-state index contributed by atoms with van der Waals surface area (Å²) in [4.78, 5) is 25.9. The number of non-ortho nitro benzene ring substituents is 1. The number of nitrogens with zero attached hydrogens (tertiary/aromatic N) is 2. The van der Waals surface area contributed by atoms with E-state index in [2.05, 4.69) is 10.3 Å². The summed E-state index contributed by atoms with van der Waals surface area (Å²) < 4.78 is 0. The summed E-state index contributed by atoms with van der Waals surface area (Å²) >= 11 is 0. The van der Waals surface area contributed by atoms with Gasteiger partial charge in [0.2, 0.25) is 5.91 Å². The van der Waals surface area contributed by atoms with Crippen molar-refractivity contribution in [2.45, 2.75) is 25.7 Å². The van der Waals surface area contributed by atoms with Crippen LogP contribution in [0.2, 0.25) is 0 Å². The highest BCUT2D eigenvalue weighted by Crippen LogP contribution is 2.12. The molecule has 0 bridgehead atoms. The molecule has 0 unspecified atom stereocenters. The van der Waals surface area contributed by atoms with Gasteiger partial charge in [0.05, 0.1) is 4.92 Å². The number of pyridine rings is 1. The SMILES string of the molecule is O=C(CCCc1cccnc1)NCCc1ccc([N+](=O)[O-])cc1. The molecule has 2 rings (SSSR count). The number of carbonyl (C=O) groups is 1. The van der Waals surface area contributed by atoms with Crippen molar-refractivity contribution in [2.75, 3.05) is 6.54 Å². The van der Waals surface area contributed by atoms with Gasteiger partial charge in [-0.05, 0) is 36.5 Å². The van der Waals surface area contributed by atoms with E-state index in [0.29, 0.717) is 19.4 Å². The summed E-state index contributed by atoms with van der Waals surface area (Å²) in [6.07, 6.45) is 6.31. The Morgan fingerprint density at radius 2 is 1.91 bits per heavy atom. The van der Waals surface area contributed by atoms with E-state index in [4.69, 9.17) is 0 Å². The van der Waals surface area contributed by atoms with E-state index >= 15 is 0 Å². The molecule has 0 aliphatic rings. The maximum atomic E-state index is 11.8. The molecule has 1 aromatic heterocycles. The summed E-state index contributed by atoms with van der Waals surface area (Å²) in [7, 11) is 0. The van der Waals surface area contributed by atoms with Gasteiger partial charge in [0, 0.05) is 37.5 Å². The molecule has 1 amide bonds. The van der Waals surface area contributed by atoms with Crippen LogP contribution in [0.3, 0.4) is 0 Å². The number of rotatable bonds is 8. The van der Waals surface area contributed by atoms with E-state index in [9.17, 15) is 14.9 Å². The standard InChI is InChI=1S/C17H19N3O3/c21-17(5-1-3-15-4-2-11-18-13-15)19-12-10-14-6-8-16(9-7-14)20(22)23/h2,4,6-9,11,13H,1,3,5,10,12H2,(H,19,21). The lowest BCUT2D eigenvalue weighted by Crippen LogP contribution is -2.25. The minimum absolute atomic E-state index is 0.0239. The van der Waals surface area contributed by atoms with E-state index in [1.54, 1.807) is 18.3 Å². The van der Waals surface area contributed by atoms with Gasteiger partial charge in [0.15, 0.2) is 0 Å². The third kappa shape index (κ3) is 5.86. The average Bonchev–Trinajstić information content (AvgIpc) is 2.56. The van der Waals surface area contributed by atoms with E-state index in [0.717, 1.165) is 24.0 Å². The second kappa shape index (κ2) is 8.63. The zero-order valence-electron chi connectivity index (χ0n) is 12.8. The number of nitro groups is 1. The van der Waals surface area contributed by atoms with E-state index in [1.165, 1.54) is 12.1 Å². The van der Waals surface area contributed by atoms with Gasteiger partial charge in [0.1, 0.15) is 0 Å². The van der Waals surface area contributed by atoms with Crippen LogP contribution in [0.4, 0.5) is 5.69 Å². The number of aromatic nitrogens is 1. The molecule has 1 aromatic carbocycles. The summed E-state index contributed by atoms with van der Waals surface area (Å²) in [5.74, 6) is 0.0239. The molecule has 6 nitrogen and oxygen atoms in total. The van der Waals surface area contributed by atoms with Crippen molar-refractivity contribution >= 4 is 11.6 Å². The summed E-state index contributed by atoms with van der Waals surface area (Å²) in [6.45, 7) is 0.531. The van der Waals surface area contributed by atoms with Crippen molar-refractivity contribution < 1.29 is 9.72 Å². The minimum Gasteiger partial charge on any atom is -0.356 e. The highest BCUT2D eigenvalue weighted by Gasteiger charge is 2.05. The van der Waals surface area contributed by atoms with E-state index in [1.807, 2.05) is 18.3 Å². The van der Waals surface area contributed by atoms with Crippen LogP contribution < -0.4 is 5.32 Å². The summed E-state index contributed by atoms with van der Waals surface area (Å²) in [5.41, 5.74) is 2.17. The lowest BCUT2D eigenvalue weighted by Gasteiger charge is -2.05. The molecule has 0 aliphatic heterocycles. The Hall–Kier alpha value is -2.76. The number of benzene rings is 1. The first-order chi connectivity index (χ1) is 11.1. The molecule has 0 radical (unpaired) electrons. The lowest BCUT2D eigenvalue weighted by molar-refractivity contribution is -0.384. The number of carbonyl (C=O) groups excluding carboxylic acids is 1. The van der Waals surface area contributed by atoms with Crippen molar-refractivity contribution in [1.82, 2.24) is 10.3 Å². The van der Waals surface area contributed by atoms with Crippen LogP contribution in [-0.2, 0) is 17.6 Å². The van der Waals surface area contributed by atoms with Gasteiger partial charge in [-0.25, -0.2) is 0 Å². The summed E-state index contributed by atoms with van der Waals surface area (Å²) in [5, 5.41) is 13.4. The number of nitro benzene ring substituents is 1. The number of hydrogen-bond donors (Lipinski definition) is 1. The Morgan fingerprint density at radius 3 is 2.57 bits per heavy atom. The number of hydrogen-bond acceptors (Lipinski definition) is 4. The second-order valence-electron chi connectivity index (χ2n) is 5.24. The van der Waals surface area contributed by atoms with Crippen molar-refractivity contribution in [3.63, 3.8) is 0 Å². The van der Waals surface area contributed by atoms with Crippen molar-refractivity contribution in [2.24, 2.45) is 0 Å². The molecule has 0 saturated heterocycles. The maximum absolute atomic E-state index is 11.8. The van der Waals surface area contributed by atoms with Crippen LogP contribution in [0.15, 0.2) is 48.8 Å². The molecule has 2 aromatic rings. The fourth-order valence-corrected chi connectivity index (χ4v) is 2.22. The number of aryl methyl sites for hydroxylation is 1. The normalized spacial score (nSPS) is 10.3. The predicted octanol–water partition coefficient (Wildman–Crippen LogP) is 2.67. The second-order valence-corrected chi connectivity index (χ2v) is 5.24. The fraction of sp³-hybridized carbons (Fsp3) is 0.294. The molecule has 120 valence electrons. The molecule has 0 atom stereocenters. The first-order valence-electron chi connectivity index (χ1n) is 7.54. The maximum Gasteiger partial charge on any atom is 0.269 e. The van der Waals surface area contributed by atoms with Gasteiger partial charge in [0.25, 0.3) is 5.69 Å². The van der Waals surface area contributed by atoms with Gasteiger partial charge >= 0.3 is 0 Å². The Labute approximate surface area is 134 Å². The van der Waals surface area contributed by atoms with Crippen LogP contribution >= 0.6 is 0 Å². The molecule has 0 spiro atoms. The Bertz CT molecular complexity index is 642. The average molecular weight is 313 g/mol. The molecule has 0 saturated carbocycles. The topological polar surface area (TPSA) is 85.1 Å². The third-order valence-corrected chi connectivity index (χ3v) is 3.48. The molecular formula is C17H19N3O3. The van der Waals surface area contributed by atoms with Gasteiger partial charge in [-0.1, -0.05) is 18.2 Å². The van der Waals surface area contributed by atoms with Gasteiger partial charge in [-0.15, -0.1) is 0 Å². The van der Waals surface area contributed by atoms with Crippen molar-refractivity contribution in [3.8, 4) is 0 Å². The zero-order valence-corrected chi connectivity index (χ0v) is 12.8. The summed E-state index contributed by atoms with van der Waals surface area (Å²) in [6, 6.07) is 10.3. The van der Waals surface area contributed by atoms with E-state index in [-0.39, 0.29) is 11.6 Å². The highest BCUT2D eigenvalue weighted by atomic mass is 16.6. The predicted molar refractivity (Wildman–Crippen MR) is 87.0 cm³/mol. The highest BCUT2D eigenvalue weighted by molar-refractivity contribution is 5.75. The molecule has 1 heterocycles. The minimum atomic E-state index is -0.423. The van der Waals surface area contributed by atoms with Gasteiger partial charge < -0.3 is 5.32 Å². The largest absolute Gasteiger partial charge is 0.356 e. The number of nitrogens with one attached hydrogen (secondary N) is 1. The molecule has 23 heavy (non-hydrogen) atoms. The molecule has 1 N–H and O–H groups in total. The van der Waals surface area contributed by atoms with Crippen LogP contribution in [0, 0.1) is 10.1 Å². The van der Waals surface area contributed by atoms with Crippen LogP contribution in [-0.4, -0.2) is 22.4 Å². The Balaban J connectivity index is 1.63. The quantitative estimate of drug-likeness (QED) is 0.600. The van der Waals surface area contributed by atoms with E-state index < -0.39 is 4.92 Å². The van der Waals surface area contributed by atoms with Gasteiger partial charge in [-0.3, -0.25) is 19.9 Å². The van der Waals surface area contributed by atoms with Crippen LogP contribution in [0.25, 0.3) is 0 Å². The van der Waals surface area contributed by atoms with Crippen LogP contribution in [0.5, 0.6) is 0 Å².